The van der Waals surface area contributed by atoms with Crippen LogP contribution in [0.1, 0.15) is 26.2 Å². The molecule has 6 nitrogen and oxygen atoms in total. The number of amides is 1. The van der Waals surface area contributed by atoms with Crippen LogP contribution in [0.15, 0.2) is 48.5 Å². The lowest BCUT2D eigenvalue weighted by Crippen LogP contribution is -2.55. The lowest BCUT2D eigenvalue weighted by atomic mass is 9.94. The van der Waals surface area contributed by atoms with Crippen molar-refractivity contribution in [2.45, 2.75) is 31.8 Å². The summed E-state index contributed by atoms with van der Waals surface area (Å²) < 4.78 is 25.6. The van der Waals surface area contributed by atoms with Crippen LogP contribution in [-0.2, 0) is 14.3 Å². The van der Waals surface area contributed by atoms with Gasteiger partial charge in [0.15, 0.2) is 0 Å². The molecule has 1 heterocycles. The number of halogens is 1. The van der Waals surface area contributed by atoms with Gasteiger partial charge < -0.3 is 24.5 Å². The molecule has 0 spiro atoms. The van der Waals surface area contributed by atoms with E-state index in [1.54, 1.807) is 24.3 Å². The van der Waals surface area contributed by atoms with Crippen LogP contribution < -0.4 is 15.0 Å². The quantitative estimate of drug-likeness (QED) is 0.499. The van der Waals surface area contributed by atoms with Crippen LogP contribution in [0.3, 0.4) is 0 Å². The predicted molar refractivity (Wildman–Crippen MR) is 113 cm³/mol. The van der Waals surface area contributed by atoms with Crippen molar-refractivity contribution in [3.8, 4) is 5.75 Å². The first-order valence-electron chi connectivity index (χ1n) is 10.1. The highest BCUT2D eigenvalue weighted by Gasteiger charge is 2.37. The molecule has 1 fully saturated rings. The molecule has 1 N–H and O–H groups in total. The molecule has 3 rings (SSSR count). The lowest BCUT2D eigenvalue weighted by molar-refractivity contribution is -0.114. The molecule has 0 aromatic heterocycles. The molecule has 1 aliphatic rings. The van der Waals surface area contributed by atoms with Gasteiger partial charge in [0.05, 0.1) is 18.8 Å². The minimum Gasteiger partial charge on any atom is -0.488 e. The summed E-state index contributed by atoms with van der Waals surface area (Å²) in [6.45, 7) is 3.45. The number of nitrogens with zero attached hydrogens (tertiary/aromatic N) is 1. The average Bonchev–Trinajstić information content (AvgIpc) is 2.74. The zero-order chi connectivity index (χ0) is 21.4. The van der Waals surface area contributed by atoms with Gasteiger partial charge in [-0.15, -0.1) is 0 Å². The molecule has 1 amide bonds. The first-order valence-corrected chi connectivity index (χ1v) is 10.1. The second kappa shape index (κ2) is 10.2. The summed E-state index contributed by atoms with van der Waals surface area (Å²) in [4.78, 5) is 24.5. The van der Waals surface area contributed by atoms with Gasteiger partial charge in [0.25, 0.3) is 0 Å². The molecule has 0 saturated carbocycles. The zero-order valence-corrected chi connectivity index (χ0v) is 17.1. The van der Waals surface area contributed by atoms with E-state index >= 15 is 0 Å². The van der Waals surface area contributed by atoms with E-state index in [4.69, 9.17) is 9.47 Å². The van der Waals surface area contributed by atoms with Crippen molar-refractivity contribution in [2.24, 2.45) is 0 Å². The maximum atomic E-state index is 13.3. The number of anilines is 2. The van der Waals surface area contributed by atoms with E-state index in [-0.39, 0.29) is 18.3 Å². The molecular weight excluding hydrogens is 387 g/mol. The second-order valence-electron chi connectivity index (χ2n) is 7.45. The smallest absolute Gasteiger partial charge is 0.221 e. The lowest BCUT2D eigenvalue weighted by Gasteiger charge is -2.43. The summed E-state index contributed by atoms with van der Waals surface area (Å²) in [5.41, 5.74) is 0.885. The number of para-hydroxylation sites is 2. The van der Waals surface area contributed by atoms with E-state index < -0.39 is 5.60 Å². The Balaban J connectivity index is 1.77. The van der Waals surface area contributed by atoms with Crippen molar-refractivity contribution in [1.29, 1.82) is 0 Å². The third-order valence-corrected chi connectivity index (χ3v) is 5.08. The number of nitrogens with one attached hydrogen (secondary N) is 1. The van der Waals surface area contributed by atoms with Crippen molar-refractivity contribution >= 4 is 23.6 Å². The van der Waals surface area contributed by atoms with Gasteiger partial charge in [-0.2, -0.15) is 0 Å². The van der Waals surface area contributed by atoms with E-state index in [0.29, 0.717) is 50.4 Å². The molecule has 1 aliphatic heterocycles. The molecular formula is C23H27FN2O4. The molecule has 1 saturated heterocycles. The fourth-order valence-corrected chi connectivity index (χ4v) is 3.63. The van der Waals surface area contributed by atoms with Gasteiger partial charge >= 0.3 is 0 Å². The van der Waals surface area contributed by atoms with Crippen LogP contribution in [0.25, 0.3) is 0 Å². The Labute approximate surface area is 176 Å². The topological polar surface area (TPSA) is 67.9 Å². The van der Waals surface area contributed by atoms with Crippen LogP contribution in [0.2, 0.25) is 0 Å². The van der Waals surface area contributed by atoms with Crippen molar-refractivity contribution in [3.05, 3.63) is 54.3 Å². The standard InChI is InChI=1S/C23H27FN2O4/c1-18(28)25-21-6-2-3-7-22(21)29-17-23(12-4-5-14-27)16-26(13-15-30-23)20-10-8-19(24)9-11-20/h2-3,6-11,14H,4-5,12-13,15-17H2,1H3,(H,25,28). The number of rotatable bonds is 9. The summed E-state index contributed by atoms with van der Waals surface area (Å²) in [6.07, 6.45) is 2.68. The summed E-state index contributed by atoms with van der Waals surface area (Å²) in [7, 11) is 0. The van der Waals surface area contributed by atoms with E-state index in [1.165, 1.54) is 19.1 Å². The summed E-state index contributed by atoms with van der Waals surface area (Å²) >= 11 is 0. The molecule has 1 unspecified atom stereocenters. The molecule has 0 aliphatic carbocycles. The van der Waals surface area contributed by atoms with E-state index in [9.17, 15) is 14.0 Å². The monoisotopic (exact) mass is 414 g/mol. The highest BCUT2D eigenvalue weighted by molar-refractivity contribution is 5.90. The maximum absolute atomic E-state index is 13.3. The summed E-state index contributed by atoms with van der Waals surface area (Å²) in [6, 6.07) is 13.6. The van der Waals surface area contributed by atoms with Crippen molar-refractivity contribution in [3.63, 3.8) is 0 Å². The minimum absolute atomic E-state index is 0.178. The number of aldehydes is 1. The fourth-order valence-electron chi connectivity index (χ4n) is 3.63. The Bertz CT molecular complexity index is 859. The molecule has 0 radical (unpaired) electrons. The zero-order valence-electron chi connectivity index (χ0n) is 17.1. The Kier molecular flexibility index (Phi) is 7.41. The highest BCUT2D eigenvalue weighted by atomic mass is 19.1. The minimum atomic E-state index is -0.626. The van der Waals surface area contributed by atoms with Gasteiger partial charge in [-0.3, -0.25) is 4.79 Å². The van der Waals surface area contributed by atoms with Crippen LogP contribution in [0, 0.1) is 5.82 Å². The number of carbonyl (C=O) groups excluding carboxylic acids is 2. The molecule has 1 atom stereocenters. The van der Waals surface area contributed by atoms with Crippen LogP contribution in [0.4, 0.5) is 15.8 Å². The van der Waals surface area contributed by atoms with E-state index in [2.05, 4.69) is 10.2 Å². The van der Waals surface area contributed by atoms with Crippen molar-refractivity contribution in [2.75, 3.05) is 36.5 Å². The normalized spacial score (nSPS) is 18.7. The molecule has 30 heavy (non-hydrogen) atoms. The summed E-state index contributed by atoms with van der Waals surface area (Å²) in [5, 5.41) is 2.77. The summed E-state index contributed by atoms with van der Waals surface area (Å²) in [5.74, 6) is 0.107. The molecule has 0 bridgehead atoms. The van der Waals surface area contributed by atoms with E-state index in [0.717, 1.165) is 12.0 Å². The Hall–Kier alpha value is -2.93. The van der Waals surface area contributed by atoms with Crippen molar-refractivity contribution < 1.29 is 23.5 Å². The van der Waals surface area contributed by atoms with E-state index in [1.807, 2.05) is 12.1 Å². The number of ether oxygens (including phenoxy) is 2. The maximum Gasteiger partial charge on any atom is 0.221 e. The number of carbonyl (C=O) groups is 2. The second-order valence-corrected chi connectivity index (χ2v) is 7.45. The van der Waals surface area contributed by atoms with Gasteiger partial charge in [0.1, 0.15) is 30.1 Å². The average molecular weight is 414 g/mol. The van der Waals surface area contributed by atoms with Gasteiger partial charge in [0, 0.05) is 25.6 Å². The number of morpholine rings is 1. The molecule has 2 aromatic rings. The third-order valence-electron chi connectivity index (χ3n) is 5.08. The number of hydrogen-bond acceptors (Lipinski definition) is 5. The predicted octanol–water partition coefficient (Wildman–Crippen LogP) is 3.81. The fraction of sp³-hybridized carbons (Fsp3) is 0.391. The molecule has 160 valence electrons. The third kappa shape index (κ3) is 5.79. The van der Waals surface area contributed by atoms with Gasteiger partial charge in [-0.05, 0) is 49.2 Å². The Morgan fingerprint density at radius 2 is 2.03 bits per heavy atom. The number of hydrogen-bond donors (Lipinski definition) is 1. The Morgan fingerprint density at radius 1 is 1.27 bits per heavy atom. The largest absolute Gasteiger partial charge is 0.488 e. The Morgan fingerprint density at radius 3 is 2.77 bits per heavy atom. The van der Waals surface area contributed by atoms with Gasteiger partial charge in [-0.25, -0.2) is 4.39 Å². The van der Waals surface area contributed by atoms with Crippen molar-refractivity contribution in [1.82, 2.24) is 0 Å². The van der Waals surface area contributed by atoms with Gasteiger partial charge in [0.2, 0.25) is 5.91 Å². The van der Waals surface area contributed by atoms with Crippen LogP contribution >= 0.6 is 0 Å². The molecule has 7 heteroatoms. The van der Waals surface area contributed by atoms with Crippen LogP contribution in [0.5, 0.6) is 5.75 Å². The SMILES string of the molecule is CC(=O)Nc1ccccc1OCC1(CCCC=O)CN(c2ccc(F)cc2)CCO1. The first kappa shape index (κ1) is 21.8. The number of benzene rings is 2. The molecule has 2 aromatic carbocycles. The van der Waals surface area contributed by atoms with Gasteiger partial charge in [-0.1, -0.05) is 12.1 Å². The number of unbranched alkanes of at least 4 members (excludes halogenated alkanes) is 1. The van der Waals surface area contributed by atoms with Crippen LogP contribution in [-0.4, -0.2) is 44.1 Å². The first-order chi connectivity index (χ1) is 14.5. The highest BCUT2D eigenvalue weighted by Crippen LogP contribution is 2.31.